The van der Waals surface area contributed by atoms with Gasteiger partial charge in [-0.1, -0.05) is 6.92 Å². The third kappa shape index (κ3) is 3.46. The van der Waals surface area contributed by atoms with E-state index in [4.69, 9.17) is 0 Å². The van der Waals surface area contributed by atoms with Gasteiger partial charge in [-0.3, -0.25) is 0 Å². The molecule has 1 aromatic heterocycles. The molecule has 1 fully saturated rings. The molecule has 1 aromatic rings. The van der Waals surface area contributed by atoms with Gasteiger partial charge in [-0.15, -0.1) is 0 Å². The highest BCUT2D eigenvalue weighted by atomic mass is 79.9. The smallest absolute Gasteiger partial charge is 0.126 e. The summed E-state index contributed by atoms with van der Waals surface area (Å²) in [5.41, 5.74) is 0. The highest BCUT2D eigenvalue weighted by molar-refractivity contribution is 9.10. The van der Waals surface area contributed by atoms with Gasteiger partial charge in [0.15, 0.2) is 0 Å². The van der Waals surface area contributed by atoms with Crippen molar-refractivity contribution in [2.24, 2.45) is 5.92 Å². The molecule has 0 aromatic carbocycles. The lowest BCUT2D eigenvalue weighted by Crippen LogP contribution is -2.42. The van der Waals surface area contributed by atoms with Gasteiger partial charge in [0.1, 0.15) is 5.82 Å². The Kier molecular flexibility index (Phi) is 4.18. The molecule has 0 aliphatic carbocycles. The Balaban J connectivity index is 1.77. The van der Waals surface area contributed by atoms with Gasteiger partial charge in [0.2, 0.25) is 0 Å². The maximum absolute atomic E-state index is 4.29. The number of hydrogen-bond donors (Lipinski definition) is 2. The van der Waals surface area contributed by atoms with Gasteiger partial charge >= 0.3 is 0 Å². The predicted octanol–water partition coefficient (Wildman–Crippen LogP) is 2.64. The van der Waals surface area contributed by atoms with E-state index in [-0.39, 0.29) is 0 Å². The molecule has 88 valence electrons. The van der Waals surface area contributed by atoms with Gasteiger partial charge in [-0.25, -0.2) is 4.98 Å². The molecule has 0 radical (unpaired) electrons. The molecular weight excluding hydrogens is 266 g/mol. The summed E-state index contributed by atoms with van der Waals surface area (Å²) in [5.74, 6) is 1.77. The van der Waals surface area contributed by atoms with E-state index in [0.717, 1.165) is 29.3 Å². The molecule has 2 heterocycles. The summed E-state index contributed by atoms with van der Waals surface area (Å²) in [6.45, 7) is 4.40. The van der Waals surface area contributed by atoms with Crippen LogP contribution >= 0.6 is 15.9 Å². The molecule has 0 amide bonds. The minimum absolute atomic E-state index is 0.585. The number of nitrogens with zero attached hydrogens (tertiary/aromatic N) is 1. The van der Waals surface area contributed by atoms with E-state index in [1.54, 1.807) is 0 Å². The third-order valence-electron chi connectivity index (χ3n) is 3.02. The van der Waals surface area contributed by atoms with Crippen molar-refractivity contribution < 1.29 is 0 Å². The van der Waals surface area contributed by atoms with Crippen molar-refractivity contribution >= 4 is 21.7 Å². The largest absolute Gasteiger partial charge is 0.369 e. The average molecular weight is 284 g/mol. The van der Waals surface area contributed by atoms with Crippen molar-refractivity contribution in [3.8, 4) is 0 Å². The lowest BCUT2D eigenvalue weighted by Gasteiger charge is -2.28. The van der Waals surface area contributed by atoms with E-state index in [1.165, 1.54) is 12.8 Å². The number of anilines is 1. The fourth-order valence-corrected chi connectivity index (χ4v) is 2.17. The van der Waals surface area contributed by atoms with Crippen LogP contribution in [0.1, 0.15) is 19.8 Å². The molecule has 2 rings (SSSR count). The molecule has 2 unspecified atom stereocenters. The number of nitrogens with one attached hydrogen (secondary N) is 2. The molecule has 0 bridgehead atoms. The van der Waals surface area contributed by atoms with Gasteiger partial charge in [0.25, 0.3) is 0 Å². The molecule has 3 nitrogen and oxygen atoms in total. The van der Waals surface area contributed by atoms with E-state index in [9.17, 15) is 0 Å². The van der Waals surface area contributed by atoms with Crippen LogP contribution in [0.3, 0.4) is 0 Å². The first-order valence-corrected chi connectivity index (χ1v) is 6.62. The van der Waals surface area contributed by atoms with E-state index in [0.29, 0.717) is 6.04 Å². The fraction of sp³-hybridized carbons (Fsp3) is 0.583. The van der Waals surface area contributed by atoms with Gasteiger partial charge in [0.05, 0.1) is 0 Å². The molecular formula is C12H18BrN3. The van der Waals surface area contributed by atoms with Crippen LogP contribution in [-0.2, 0) is 0 Å². The second-order valence-electron chi connectivity index (χ2n) is 4.53. The van der Waals surface area contributed by atoms with Crippen LogP contribution in [0.15, 0.2) is 22.8 Å². The monoisotopic (exact) mass is 283 g/mol. The summed E-state index contributed by atoms with van der Waals surface area (Å²) in [7, 11) is 0. The van der Waals surface area contributed by atoms with E-state index < -0.39 is 0 Å². The summed E-state index contributed by atoms with van der Waals surface area (Å²) < 4.78 is 1.02. The molecule has 0 saturated carbocycles. The van der Waals surface area contributed by atoms with Crippen molar-refractivity contribution in [1.29, 1.82) is 0 Å². The quantitative estimate of drug-likeness (QED) is 0.896. The van der Waals surface area contributed by atoms with Crippen LogP contribution in [0.5, 0.6) is 0 Å². The zero-order chi connectivity index (χ0) is 11.4. The second-order valence-corrected chi connectivity index (χ2v) is 5.45. The van der Waals surface area contributed by atoms with Crippen molar-refractivity contribution in [3.05, 3.63) is 22.8 Å². The zero-order valence-corrected chi connectivity index (χ0v) is 11.1. The molecule has 2 atom stereocenters. The summed E-state index contributed by atoms with van der Waals surface area (Å²) in [4.78, 5) is 4.29. The van der Waals surface area contributed by atoms with E-state index in [2.05, 4.69) is 38.5 Å². The van der Waals surface area contributed by atoms with Gasteiger partial charge < -0.3 is 10.6 Å². The Labute approximate surface area is 105 Å². The molecule has 1 aliphatic rings. The molecule has 1 saturated heterocycles. The minimum atomic E-state index is 0.585. The first kappa shape index (κ1) is 11.9. The normalized spacial score (nSPS) is 25.4. The Morgan fingerprint density at radius 3 is 3.00 bits per heavy atom. The minimum Gasteiger partial charge on any atom is -0.369 e. The molecule has 0 spiro atoms. The number of rotatable bonds is 3. The van der Waals surface area contributed by atoms with Crippen LogP contribution in [-0.4, -0.2) is 24.1 Å². The van der Waals surface area contributed by atoms with Crippen LogP contribution in [0, 0.1) is 5.92 Å². The number of hydrogen-bond acceptors (Lipinski definition) is 3. The summed E-state index contributed by atoms with van der Waals surface area (Å²) >= 11 is 3.38. The van der Waals surface area contributed by atoms with E-state index >= 15 is 0 Å². The number of halogens is 1. The SMILES string of the molecule is CC1CCC(CNc2ccc(Br)cn2)NC1. The predicted molar refractivity (Wildman–Crippen MR) is 70.6 cm³/mol. The first-order valence-electron chi connectivity index (χ1n) is 5.83. The maximum atomic E-state index is 4.29. The molecule has 2 N–H and O–H groups in total. The zero-order valence-electron chi connectivity index (χ0n) is 9.54. The number of piperidine rings is 1. The number of pyridine rings is 1. The first-order chi connectivity index (χ1) is 7.74. The van der Waals surface area contributed by atoms with Crippen LogP contribution in [0.4, 0.5) is 5.82 Å². The van der Waals surface area contributed by atoms with Crippen molar-refractivity contribution in [2.45, 2.75) is 25.8 Å². The van der Waals surface area contributed by atoms with Crippen molar-refractivity contribution in [2.75, 3.05) is 18.4 Å². The van der Waals surface area contributed by atoms with Gasteiger partial charge in [0, 0.05) is 23.3 Å². The van der Waals surface area contributed by atoms with Gasteiger partial charge in [-0.05, 0) is 53.4 Å². The average Bonchev–Trinajstić information content (AvgIpc) is 2.30. The highest BCUT2D eigenvalue weighted by Gasteiger charge is 2.16. The Morgan fingerprint density at radius 2 is 2.38 bits per heavy atom. The Bertz CT molecular complexity index is 318. The third-order valence-corrected chi connectivity index (χ3v) is 3.49. The standard InChI is InChI=1S/C12H18BrN3/c1-9-2-4-11(14-6-9)8-16-12-5-3-10(13)7-15-12/h3,5,7,9,11,14H,2,4,6,8H2,1H3,(H,15,16). The molecule has 16 heavy (non-hydrogen) atoms. The van der Waals surface area contributed by atoms with E-state index in [1.807, 2.05) is 18.3 Å². The van der Waals surface area contributed by atoms with Gasteiger partial charge in [-0.2, -0.15) is 0 Å². The van der Waals surface area contributed by atoms with Crippen LogP contribution in [0.25, 0.3) is 0 Å². The highest BCUT2D eigenvalue weighted by Crippen LogP contribution is 2.14. The fourth-order valence-electron chi connectivity index (χ4n) is 1.94. The van der Waals surface area contributed by atoms with Crippen molar-refractivity contribution in [3.63, 3.8) is 0 Å². The summed E-state index contributed by atoms with van der Waals surface area (Å²) in [6, 6.07) is 4.59. The van der Waals surface area contributed by atoms with Crippen LogP contribution < -0.4 is 10.6 Å². The Morgan fingerprint density at radius 1 is 1.50 bits per heavy atom. The molecule has 1 aliphatic heterocycles. The lowest BCUT2D eigenvalue weighted by molar-refractivity contribution is 0.336. The summed E-state index contributed by atoms with van der Waals surface area (Å²) in [5, 5.41) is 6.91. The van der Waals surface area contributed by atoms with Crippen molar-refractivity contribution in [1.82, 2.24) is 10.3 Å². The summed E-state index contributed by atoms with van der Waals surface area (Å²) in [6.07, 6.45) is 4.40. The second kappa shape index (κ2) is 5.64. The molecule has 4 heteroatoms. The topological polar surface area (TPSA) is 37.0 Å². The lowest BCUT2D eigenvalue weighted by atomic mass is 9.96. The Hall–Kier alpha value is -0.610. The maximum Gasteiger partial charge on any atom is 0.126 e. The van der Waals surface area contributed by atoms with Crippen LogP contribution in [0.2, 0.25) is 0 Å². The number of aromatic nitrogens is 1.